The Morgan fingerprint density at radius 2 is 1.93 bits per heavy atom. The summed E-state index contributed by atoms with van der Waals surface area (Å²) < 4.78 is 0. The fourth-order valence-corrected chi connectivity index (χ4v) is 1.27. The minimum Gasteiger partial charge on any atom is -0.394 e. The van der Waals surface area contributed by atoms with E-state index in [4.69, 9.17) is 0 Å². The van der Waals surface area contributed by atoms with Gasteiger partial charge in [-0.1, -0.05) is 0 Å². The van der Waals surface area contributed by atoms with E-state index in [0.29, 0.717) is 0 Å². The lowest BCUT2D eigenvalue weighted by molar-refractivity contribution is 0.0801. The Hall–Kier alpha value is -0.930. The summed E-state index contributed by atoms with van der Waals surface area (Å²) in [6, 6.07) is 4.06. The van der Waals surface area contributed by atoms with Gasteiger partial charge >= 0.3 is 0 Å². The molecule has 0 aromatic carbocycles. The molecule has 0 aliphatic carbocycles. The third-order valence-electron chi connectivity index (χ3n) is 2.91. The van der Waals surface area contributed by atoms with Crippen LogP contribution in [0, 0.1) is 0 Å². The molecule has 0 radical (unpaired) electrons. The van der Waals surface area contributed by atoms with Gasteiger partial charge in [-0.3, -0.25) is 9.88 Å². The van der Waals surface area contributed by atoms with Crippen LogP contribution in [0.4, 0.5) is 0 Å². The van der Waals surface area contributed by atoms with Gasteiger partial charge < -0.3 is 5.11 Å². The molecule has 3 nitrogen and oxygen atoms in total. The van der Waals surface area contributed by atoms with Gasteiger partial charge in [-0.15, -0.1) is 0 Å². The van der Waals surface area contributed by atoms with Crippen molar-refractivity contribution in [3.63, 3.8) is 0 Å². The van der Waals surface area contributed by atoms with Crippen molar-refractivity contribution in [2.75, 3.05) is 20.2 Å². The van der Waals surface area contributed by atoms with E-state index in [9.17, 15) is 5.11 Å². The van der Waals surface area contributed by atoms with Crippen molar-refractivity contribution in [3.8, 4) is 0 Å². The number of hydrogen-bond donors (Lipinski definition) is 1. The summed E-state index contributed by atoms with van der Waals surface area (Å²) in [4.78, 5) is 6.16. The number of aliphatic hydroxyl groups excluding tert-OH is 1. The summed E-state index contributed by atoms with van der Waals surface area (Å²) in [5.41, 5.74) is 1.14. The van der Waals surface area contributed by atoms with E-state index >= 15 is 0 Å². The van der Waals surface area contributed by atoms with Crippen LogP contribution >= 0.6 is 0 Å². The lowest BCUT2D eigenvalue weighted by Gasteiger charge is -2.33. The van der Waals surface area contributed by atoms with Gasteiger partial charge in [0.1, 0.15) is 0 Å². The van der Waals surface area contributed by atoms with Gasteiger partial charge in [0, 0.05) is 24.5 Å². The molecule has 84 valence electrons. The van der Waals surface area contributed by atoms with E-state index in [0.717, 1.165) is 13.0 Å². The molecule has 1 rings (SSSR count). The minimum atomic E-state index is -0.146. The van der Waals surface area contributed by atoms with Crippen molar-refractivity contribution in [1.29, 1.82) is 0 Å². The van der Waals surface area contributed by atoms with Crippen LogP contribution in [0.5, 0.6) is 0 Å². The molecule has 0 bridgehead atoms. The van der Waals surface area contributed by atoms with Crippen LogP contribution in [0.15, 0.2) is 24.5 Å². The number of likely N-dealkylation sites (N-methyl/N-ethyl adjacent to an activating group) is 1. The molecule has 0 spiro atoms. The van der Waals surface area contributed by atoms with Gasteiger partial charge in [0.2, 0.25) is 0 Å². The van der Waals surface area contributed by atoms with Crippen LogP contribution in [0.1, 0.15) is 19.4 Å². The maximum atomic E-state index is 9.21. The molecule has 0 amide bonds. The predicted molar refractivity (Wildman–Crippen MR) is 61.7 cm³/mol. The van der Waals surface area contributed by atoms with E-state index in [1.807, 2.05) is 45.4 Å². The Bertz CT molecular complexity index is 285. The Kier molecular flexibility index (Phi) is 4.24. The predicted octanol–water partition coefficient (Wildman–Crippen LogP) is 1.33. The molecule has 1 aromatic rings. The quantitative estimate of drug-likeness (QED) is 0.793. The third-order valence-corrected chi connectivity index (χ3v) is 2.91. The van der Waals surface area contributed by atoms with E-state index in [2.05, 4.69) is 9.88 Å². The van der Waals surface area contributed by atoms with Gasteiger partial charge in [0.05, 0.1) is 6.61 Å². The van der Waals surface area contributed by atoms with Crippen LogP contribution in [0.2, 0.25) is 0 Å². The molecule has 1 aromatic heterocycles. The van der Waals surface area contributed by atoms with Gasteiger partial charge in [-0.05, 0) is 45.0 Å². The highest BCUT2D eigenvalue weighted by molar-refractivity contribution is 5.10. The van der Waals surface area contributed by atoms with E-state index in [1.54, 1.807) is 0 Å². The van der Waals surface area contributed by atoms with Crippen LogP contribution in [-0.4, -0.2) is 40.7 Å². The summed E-state index contributed by atoms with van der Waals surface area (Å²) in [5.74, 6) is 0. The normalized spacial score (nSPS) is 12.1. The molecule has 0 atom stereocenters. The lowest BCUT2D eigenvalue weighted by Crippen LogP contribution is -2.45. The second-order valence-electron chi connectivity index (χ2n) is 4.50. The fourth-order valence-electron chi connectivity index (χ4n) is 1.27. The Morgan fingerprint density at radius 1 is 1.33 bits per heavy atom. The van der Waals surface area contributed by atoms with Crippen LogP contribution in [0.25, 0.3) is 0 Å². The molecular formula is C12H20N2O. The first-order valence-electron chi connectivity index (χ1n) is 5.27. The molecular weight excluding hydrogens is 188 g/mol. The van der Waals surface area contributed by atoms with Gasteiger partial charge in [0.25, 0.3) is 0 Å². The largest absolute Gasteiger partial charge is 0.394 e. The SMILES string of the molecule is CN(CCc1ccncc1)C(C)(C)CO. The first-order valence-corrected chi connectivity index (χ1v) is 5.27. The number of rotatable bonds is 5. The molecule has 0 saturated heterocycles. The molecule has 0 saturated carbocycles. The topological polar surface area (TPSA) is 36.4 Å². The first kappa shape index (κ1) is 12.1. The zero-order valence-corrected chi connectivity index (χ0v) is 9.77. The van der Waals surface area contributed by atoms with Crippen molar-refractivity contribution >= 4 is 0 Å². The van der Waals surface area contributed by atoms with Crippen molar-refractivity contribution in [2.45, 2.75) is 25.8 Å². The summed E-state index contributed by atoms with van der Waals surface area (Å²) >= 11 is 0. The standard InChI is InChI=1S/C12H20N2O/c1-12(2,10-15)14(3)9-6-11-4-7-13-8-5-11/h4-5,7-8,15H,6,9-10H2,1-3H3. The van der Waals surface area contributed by atoms with Crippen LogP contribution in [-0.2, 0) is 6.42 Å². The Morgan fingerprint density at radius 3 is 2.47 bits per heavy atom. The van der Waals surface area contributed by atoms with Crippen LogP contribution < -0.4 is 0 Å². The average Bonchev–Trinajstić information content (AvgIpc) is 2.27. The minimum absolute atomic E-state index is 0.146. The summed E-state index contributed by atoms with van der Waals surface area (Å²) in [6.07, 6.45) is 4.61. The summed E-state index contributed by atoms with van der Waals surface area (Å²) in [7, 11) is 2.04. The number of aliphatic hydroxyl groups is 1. The molecule has 1 heterocycles. The average molecular weight is 208 g/mol. The third kappa shape index (κ3) is 3.61. The molecule has 0 aliphatic rings. The number of aromatic nitrogens is 1. The summed E-state index contributed by atoms with van der Waals surface area (Å²) in [6.45, 7) is 5.20. The highest BCUT2D eigenvalue weighted by Gasteiger charge is 2.21. The first-order chi connectivity index (χ1) is 7.06. The van der Waals surface area contributed by atoms with Crippen molar-refractivity contribution < 1.29 is 5.11 Å². The van der Waals surface area contributed by atoms with Crippen LogP contribution in [0.3, 0.4) is 0 Å². The smallest absolute Gasteiger partial charge is 0.0609 e. The number of nitrogens with zero attached hydrogens (tertiary/aromatic N) is 2. The molecule has 3 heteroatoms. The maximum absolute atomic E-state index is 9.21. The maximum Gasteiger partial charge on any atom is 0.0609 e. The zero-order valence-electron chi connectivity index (χ0n) is 9.77. The Labute approximate surface area is 91.8 Å². The van der Waals surface area contributed by atoms with Gasteiger partial charge in [-0.2, -0.15) is 0 Å². The molecule has 0 unspecified atom stereocenters. The van der Waals surface area contributed by atoms with Crippen molar-refractivity contribution in [3.05, 3.63) is 30.1 Å². The number of pyridine rings is 1. The van der Waals surface area contributed by atoms with Crippen molar-refractivity contribution in [2.24, 2.45) is 0 Å². The second kappa shape index (κ2) is 5.24. The van der Waals surface area contributed by atoms with Gasteiger partial charge in [0.15, 0.2) is 0 Å². The van der Waals surface area contributed by atoms with E-state index < -0.39 is 0 Å². The molecule has 0 fully saturated rings. The van der Waals surface area contributed by atoms with Crippen molar-refractivity contribution in [1.82, 2.24) is 9.88 Å². The monoisotopic (exact) mass is 208 g/mol. The Balaban J connectivity index is 2.44. The fraction of sp³-hybridized carbons (Fsp3) is 0.583. The zero-order chi connectivity index (χ0) is 11.3. The van der Waals surface area contributed by atoms with E-state index in [-0.39, 0.29) is 12.1 Å². The highest BCUT2D eigenvalue weighted by Crippen LogP contribution is 2.11. The number of hydrogen-bond acceptors (Lipinski definition) is 3. The molecule has 0 aliphatic heterocycles. The van der Waals surface area contributed by atoms with Gasteiger partial charge in [-0.25, -0.2) is 0 Å². The highest BCUT2D eigenvalue weighted by atomic mass is 16.3. The lowest BCUT2D eigenvalue weighted by atomic mass is 10.0. The molecule has 15 heavy (non-hydrogen) atoms. The summed E-state index contributed by atoms with van der Waals surface area (Å²) in [5, 5.41) is 9.21. The second-order valence-corrected chi connectivity index (χ2v) is 4.50. The van der Waals surface area contributed by atoms with E-state index in [1.165, 1.54) is 5.56 Å². The molecule has 1 N–H and O–H groups in total.